The molecule has 1 aromatic carbocycles. The molecule has 23 heavy (non-hydrogen) atoms. The van der Waals surface area contributed by atoms with Gasteiger partial charge in [0, 0.05) is 13.6 Å². The third kappa shape index (κ3) is 6.59. The highest BCUT2D eigenvalue weighted by Gasteiger charge is 2.25. The maximum atomic E-state index is 11.9. The van der Waals surface area contributed by atoms with Crippen molar-refractivity contribution in [2.75, 3.05) is 20.7 Å². The van der Waals surface area contributed by atoms with E-state index in [2.05, 4.69) is 0 Å². The maximum Gasteiger partial charge on any atom is 0.410 e. The summed E-state index contributed by atoms with van der Waals surface area (Å²) in [6, 6.07) is 7.21. The Hall–Kier alpha value is -2.24. The second-order valence-corrected chi connectivity index (χ2v) is 6.45. The number of hydrogen-bond donors (Lipinski definition) is 1. The van der Waals surface area contributed by atoms with Crippen LogP contribution in [0.4, 0.5) is 4.79 Å². The highest BCUT2D eigenvalue weighted by molar-refractivity contribution is 5.73. The summed E-state index contributed by atoms with van der Waals surface area (Å²) in [5.41, 5.74) is 0.260. The average Bonchev–Trinajstić information content (AvgIpc) is 2.45. The van der Waals surface area contributed by atoms with Gasteiger partial charge in [0.2, 0.25) is 0 Å². The number of carboxylic acids is 1. The fourth-order valence-electron chi connectivity index (χ4n) is 2.02. The minimum absolute atomic E-state index is 0.0796. The second-order valence-electron chi connectivity index (χ2n) is 6.45. The summed E-state index contributed by atoms with van der Waals surface area (Å²) in [5.74, 6) is -0.941. The molecule has 0 aliphatic rings. The smallest absolute Gasteiger partial charge is 0.410 e. The Morgan fingerprint density at radius 3 is 2.22 bits per heavy atom. The maximum absolute atomic E-state index is 11.9. The molecule has 0 bridgehead atoms. The van der Waals surface area contributed by atoms with Gasteiger partial charge >= 0.3 is 12.1 Å². The topological polar surface area (TPSA) is 76.1 Å². The van der Waals surface area contributed by atoms with E-state index >= 15 is 0 Å². The second kappa shape index (κ2) is 7.85. The molecule has 0 aliphatic heterocycles. The molecule has 128 valence electrons. The SMILES string of the molecule is COc1ccc(C[C@@H](CN(C)C(=O)OC(C)(C)C)C(=O)O)cc1. The summed E-state index contributed by atoms with van der Waals surface area (Å²) in [4.78, 5) is 24.7. The number of carbonyl (C=O) groups is 2. The van der Waals surface area contributed by atoms with Crippen LogP contribution in [0.25, 0.3) is 0 Å². The van der Waals surface area contributed by atoms with Crippen LogP contribution in [0, 0.1) is 5.92 Å². The van der Waals surface area contributed by atoms with Gasteiger partial charge in [0.25, 0.3) is 0 Å². The molecule has 0 saturated heterocycles. The van der Waals surface area contributed by atoms with Gasteiger partial charge in [0.15, 0.2) is 0 Å². The van der Waals surface area contributed by atoms with E-state index in [9.17, 15) is 14.7 Å². The Kier molecular flexibility index (Phi) is 6.42. The molecule has 0 radical (unpaired) electrons. The molecule has 0 aliphatic carbocycles. The average molecular weight is 323 g/mol. The summed E-state index contributed by atoms with van der Waals surface area (Å²) in [6.45, 7) is 5.39. The van der Waals surface area contributed by atoms with E-state index in [-0.39, 0.29) is 6.54 Å². The fraction of sp³-hybridized carbons (Fsp3) is 0.529. The molecule has 0 aromatic heterocycles. The van der Waals surface area contributed by atoms with E-state index in [0.29, 0.717) is 12.2 Å². The Morgan fingerprint density at radius 1 is 1.22 bits per heavy atom. The van der Waals surface area contributed by atoms with Crippen LogP contribution in [0.15, 0.2) is 24.3 Å². The van der Waals surface area contributed by atoms with Gasteiger partial charge in [-0.3, -0.25) is 4.79 Å². The standard InChI is InChI=1S/C17H25NO5/c1-17(2,3)23-16(21)18(4)11-13(15(19)20)10-12-6-8-14(22-5)9-7-12/h6-9,13H,10-11H2,1-5H3,(H,19,20)/t13-/m0/s1. The lowest BCUT2D eigenvalue weighted by Gasteiger charge is -2.26. The molecule has 1 atom stereocenters. The van der Waals surface area contributed by atoms with Gasteiger partial charge < -0.3 is 19.5 Å². The normalized spacial score (nSPS) is 12.4. The van der Waals surface area contributed by atoms with Gasteiger partial charge in [-0.2, -0.15) is 0 Å². The first kappa shape index (κ1) is 18.8. The Balaban J connectivity index is 2.71. The predicted molar refractivity (Wildman–Crippen MR) is 86.7 cm³/mol. The Bertz CT molecular complexity index is 533. The first-order valence-corrected chi connectivity index (χ1v) is 7.42. The molecule has 0 unspecified atom stereocenters. The van der Waals surface area contributed by atoms with Gasteiger partial charge in [-0.25, -0.2) is 4.79 Å². The van der Waals surface area contributed by atoms with Crippen molar-refractivity contribution in [2.24, 2.45) is 5.92 Å². The number of benzene rings is 1. The molecule has 0 saturated carbocycles. The van der Waals surface area contributed by atoms with Crippen molar-refractivity contribution in [1.82, 2.24) is 4.90 Å². The van der Waals surface area contributed by atoms with Crippen molar-refractivity contribution in [2.45, 2.75) is 32.8 Å². The Morgan fingerprint density at radius 2 is 1.78 bits per heavy atom. The van der Waals surface area contributed by atoms with Crippen LogP contribution < -0.4 is 4.74 Å². The molecule has 0 heterocycles. The Labute approximate surface area is 137 Å². The predicted octanol–water partition coefficient (Wildman–Crippen LogP) is 2.81. The highest BCUT2D eigenvalue weighted by Crippen LogP contribution is 2.16. The van der Waals surface area contributed by atoms with E-state index < -0.39 is 23.6 Å². The van der Waals surface area contributed by atoms with Crippen LogP contribution in [0.2, 0.25) is 0 Å². The third-order valence-electron chi connectivity index (χ3n) is 3.19. The third-order valence-corrected chi connectivity index (χ3v) is 3.19. The summed E-state index contributed by atoms with van der Waals surface area (Å²) >= 11 is 0. The van der Waals surface area contributed by atoms with Gasteiger partial charge in [-0.15, -0.1) is 0 Å². The molecular formula is C17H25NO5. The molecule has 6 nitrogen and oxygen atoms in total. The van der Waals surface area contributed by atoms with E-state index in [1.807, 2.05) is 12.1 Å². The minimum atomic E-state index is -0.948. The summed E-state index contributed by atoms with van der Waals surface area (Å²) in [5, 5.41) is 9.40. The van der Waals surface area contributed by atoms with Crippen LogP contribution in [-0.4, -0.2) is 48.4 Å². The fourth-order valence-corrected chi connectivity index (χ4v) is 2.02. The summed E-state index contributed by atoms with van der Waals surface area (Å²) in [6.07, 6.45) is -0.203. The first-order valence-electron chi connectivity index (χ1n) is 7.42. The van der Waals surface area contributed by atoms with Crippen molar-refractivity contribution >= 4 is 12.1 Å². The number of ether oxygens (including phenoxy) is 2. The van der Waals surface area contributed by atoms with E-state index in [0.717, 1.165) is 5.56 Å². The zero-order chi connectivity index (χ0) is 17.6. The van der Waals surface area contributed by atoms with Crippen molar-refractivity contribution < 1.29 is 24.2 Å². The number of amides is 1. The van der Waals surface area contributed by atoms with Gasteiger partial charge in [0.1, 0.15) is 11.4 Å². The molecule has 0 fully saturated rings. The number of nitrogens with zero attached hydrogens (tertiary/aromatic N) is 1. The van der Waals surface area contributed by atoms with E-state index in [1.165, 1.54) is 11.9 Å². The van der Waals surface area contributed by atoms with Crippen molar-refractivity contribution in [3.8, 4) is 5.75 Å². The van der Waals surface area contributed by atoms with Crippen molar-refractivity contribution in [3.63, 3.8) is 0 Å². The first-order chi connectivity index (χ1) is 10.6. The van der Waals surface area contributed by atoms with Gasteiger partial charge in [-0.1, -0.05) is 12.1 Å². The van der Waals surface area contributed by atoms with E-state index in [1.54, 1.807) is 40.0 Å². The van der Waals surface area contributed by atoms with Crippen LogP contribution in [0.3, 0.4) is 0 Å². The van der Waals surface area contributed by atoms with Crippen LogP contribution in [-0.2, 0) is 16.0 Å². The number of carbonyl (C=O) groups excluding carboxylic acids is 1. The molecule has 1 rings (SSSR count). The number of aliphatic carboxylic acids is 1. The zero-order valence-corrected chi connectivity index (χ0v) is 14.3. The molecular weight excluding hydrogens is 298 g/mol. The van der Waals surface area contributed by atoms with Gasteiger partial charge in [-0.05, 0) is 44.9 Å². The number of hydrogen-bond acceptors (Lipinski definition) is 4. The molecule has 0 spiro atoms. The number of methoxy groups -OCH3 is 1. The minimum Gasteiger partial charge on any atom is -0.497 e. The number of carboxylic acid groups (broad SMARTS) is 1. The van der Waals surface area contributed by atoms with Crippen LogP contribution in [0.5, 0.6) is 5.75 Å². The zero-order valence-electron chi connectivity index (χ0n) is 14.3. The monoisotopic (exact) mass is 323 g/mol. The summed E-state index contributed by atoms with van der Waals surface area (Å²) < 4.78 is 10.3. The van der Waals surface area contributed by atoms with Crippen molar-refractivity contribution in [3.05, 3.63) is 29.8 Å². The molecule has 1 amide bonds. The van der Waals surface area contributed by atoms with E-state index in [4.69, 9.17) is 9.47 Å². The van der Waals surface area contributed by atoms with Crippen LogP contribution in [0.1, 0.15) is 26.3 Å². The number of rotatable bonds is 6. The van der Waals surface area contributed by atoms with Gasteiger partial charge in [0.05, 0.1) is 13.0 Å². The van der Waals surface area contributed by atoms with Crippen molar-refractivity contribution in [1.29, 1.82) is 0 Å². The summed E-state index contributed by atoms with van der Waals surface area (Å²) in [7, 11) is 3.11. The lowest BCUT2D eigenvalue weighted by atomic mass is 9.99. The van der Waals surface area contributed by atoms with Crippen LogP contribution >= 0.6 is 0 Å². The lowest BCUT2D eigenvalue weighted by Crippen LogP contribution is -2.39. The molecule has 1 N–H and O–H groups in total. The lowest BCUT2D eigenvalue weighted by molar-refractivity contribution is -0.142. The molecule has 6 heteroatoms. The largest absolute Gasteiger partial charge is 0.497 e. The quantitative estimate of drug-likeness (QED) is 0.871. The molecule has 1 aromatic rings. The highest BCUT2D eigenvalue weighted by atomic mass is 16.6.